The molecule has 0 atom stereocenters. The summed E-state index contributed by atoms with van der Waals surface area (Å²) in [5.41, 5.74) is 0.830. The third-order valence-electron chi connectivity index (χ3n) is 2.16. The molecule has 1 nitrogen and oxygen atoms in total. The highest BCUT2D eigenvalue weighted by atomic mass is 35.5. The van der Waals surface area contributed by atoms with Crippen LogP contribution in [0, 0.1) is 5.82 Å². The van der Waals surface area contributed by atoms with E-state index in [0.29, 0.717) is 6.42 Å². The second-order valence-corrected chi connectivity index (χ2v) is 3.71. The lowest BCUT2D eigenvalue weighted by Crippen LogP contribution is -2.03. The van der Waals surface area contributed by atoms with Gasteiger partial charge in [0.05, 0.1) is 10.6 Å². The van der Waals surface area contributed by atoms with Gasteiger partial charge < -0.3 is 0 Å². The Morgan fingerprint density at radius 1 is 1.53 bits per heavy atom. The van der Waals surface area contributed by atoms with Gasteiger partial charge in [-0.1, -0.05) is 36.7 Å². The first kappa shape index (κ1) is 11.9. The summed E-state index contributed by atoms with van der Waals surface area (Å²) in [6, 6.07) is 4.42. The molecule has 80 valence electrons. The molecule has 0 bridgehead atoms. The summed E-state index contributed by atoms with van der Waals surface area (Å²) in [4.78, 5) is 11.6. The van der Waals surface area contributed by atoms with Gasteiger partial charge >= 0.3 is 0 Å². The Kier molecular flexibility index (Phi) is 4.04. The molecule has 3 heteroatoms. The van der Waals surface area contributed by atoms with Gasteiger partial charge in [0.25, 0.3) is 0 Å². The summed E-state index contributed by atoms with van der Waals surface area (Å²) in [7, 11) is 0. The lowest BCUT2D eigenvalue weighted by Gasteiger charge is -2.04. The first-order valence-electron chi connectivity index (χ1n) is 4.70. The first-order valence-corrected chi connectivity index (χ1v) is 5.08. The van der Waals surface area contributed by atoms with Gasteiger partial charge in [-0.2, -0.15) is 0 Å². The normalized spacial score (nSPS) is 10.1. The summed E-state index contributed by atoms with van der Waals surface area (Å²) in [5.74, 6) is -0.921. The molecule has 0 spiro atoms. The van der Waals surface area contributed by atoms with Crippen molar-refractivity contribution in [1.29, 1.82) is 0 Å². The van der Waals surface area contributed by atoms with Crippen LogP contribution in [0.25, 0.3) is 0 Å². The standard InChI is InChI=1S/C12H12ClFO/c1-3-8(2)7-11(15)9-5-4-6-10(13)12(9)14/h4-6H,2-3,7H2,1H3. The van der Waals surface area contributed by atoms with Crippen molar-refractivity contribution >= 4 is 17.4 Å². The number of Topliss-reactive ketones (excluding diaryl/α,β-unsaturated/α-hetero) is 1. The van der Waals surface area contributed by atoms with Crippen LogP contribution >= 0.6 is 11.6 Å². The fraction of sp³-hybridized carbons (Fsp3) is 0.250. The number of carbonyl (C=O) groups is 1. The smallest absolute Gasteiger partial charge is 0.169 e. The van der Waals surface area contributed by atoms with Crippen molar-refractivity contribution in [2.24, 2.45) is 0 Å². The van der Waals surface area contributed by atoms with Crippen LogP contribution in [0.4, 0.5) is 4.39 Å². The van der Waals surface area contributed by atoms with Crippen molar-refractivity contribution < 1.29 is 9.18 Å². The van der Waals surface area contributed by atoms with E-state index in [1.165, 1.54) is 12.1 Å². The zero-order chi connectivity index (χ0) is 11.4. The van der Waals surface area contributed by atoms with E-state index in [1.807, 2.05) is 6.92 Å². The second kappa shape index (κ2) is 5.08. The van der Waals surface area contributed by atoms with Gasteiger partial charge in [-0.25, -0.2) is 4.39 Å². The van der Waals surface area contributed by atoms with Gasteiger partial charge in [-0.15, -0.1) is 0 Å². The molecule has 1 aromatic carbocycles. The molecule has 0 aromatic heterocycles. The monoisotopic (exact) mass is 226 g/mol. The van der Waals surface area contributed by atoms with Crippen molar-refractivity contribution in [2.75, 3.05) is 0 Å². The average molecular weight is 227 g/mol. The molecule has 0 fully saturated rings. The highest BCUT2D eigenvalue weighted by molar-refractivity contribution is 6.31. The highest BCUT2D eigenvalue weighted by Crippen LogP contribution is 2.20. The van der Waals surface area contributed by atoms with Gasteiger partial charge in [0.15, 0.2) is 11.6 Å². The quantitative estimate of drug-likeness (QED) is 0.560. The maximum absolute atomic E-state index is 13.4. The largest absolute Gasteiger partial charge is 0.294 e. The van der Waals surface area contributed by atoms with E-state index >= 15 is 0 Å². The number of allylic oxidation sites excluding steroid dienone is 1. The summed E-state index contributed by atoms with van der Waals surface area (Å²) >= 11 is 5.58. The summed E-state index contributed by atoms with van der Waals surface area (Å²) < 4.78 is 13.4. The Morgan fingerprint density at radius 3 is 2.80 bits per heavy atom. The fourth-order valence-corrected chi connectivity index (χ4v) is 1.34. The van der Waals surface area contributed by atoms with Crippen LogP contribution < -0.4 is 0 Å². The molecule has 0 unspecified atom stereocenters. The predicted octanol–water partition coefficient (Wildman–Crippen LogP) is 4.02. The van der Waals surface area contributed by atoms with E-state index < -0.39 is 5.82 Å². The minimum Gasteiger partial charge on any atom is -0.294 e. The number of rotatable bonds is 4. The molecule has 0 heterocycles. The molecule has 0 amide bonds. The Labute approximate surface area is 93.6 Å². The van der Waals surface area contributed by atoms with E-state index in [1.54, 1.807) is 6.07 Å². The van der Waals surface area contributed by atoms with Gasteiger partial charge in [0.2, 0.25) is 0 Å². The van der Waals surface area contributed by atoms with E-state index in [0.717, 1.165) is 5.57 Å². The molecular formula is C12H12ClFO. The van der Waals surface area contributed by atoms with E-state index in [4.69, 9.17) is 11.6 Å². The molecular weight excluding hydrogens is 215 g/mol. The molecule has 0 saturated carbocycles. The Balaban J connectivity index is 2.92. The van der Waals surface area contributed by atoms with Gasteiger partial charge in [0.1, 0.15) is 0 Å². The zero-order valence-electron chi connectivity index (χ0n) is 8.52. The fourth-order valence-electron chi connectivity index (χ4n) is 1.17. The van der Waals surface area contributed by atoms with Crippen molar-refractivity contribution in [2.45, 2.75) is 19.8 Å². The number of carbonyl (C=O) groups excluding carboxylic acids is 1. The van der Waals surface area contributed by atoms with Crippen LogP contribution in [0.15, 0.2) is 30.4 Å². The molecule has 0 saturated heterocycles. The van der Waals surface area contributed by atoms with Crippen LogP contribution in [0.5, 0.6) is 0 Å². The third kappa shape index (κ3) is 2.90. The van der Waals surface area contributed by atoms with Crippen molar-refractivity contribution in [3.8, 4) is 0 Å². The molecule has 0 N–H and O–H groups in total. The van der Waals surface area contributed by atoms with E-state index in [-0.39, 0.29) is 22.8 Å². The average Bonchev–Trinajstić information content (AvgIpc) is 2.21. The molecule has 0 aliphatic carbocycles. The van der Waals surface area contributed by atoms with Crippen LogP contribution in [0.2, 0.25) is 5.02 Å². The Bertz CT molecular complexity index is 399. The third-order valence-corrected chi connectivity index (χ3v) is 2.45. The number of benzene rings is 1. The minimum absolute atomic E-state index is 0.0250. The number of halogens is 2. The maximum Gasteiger partial charge on any atom is 0.169 e. The van der Waals surface area contributed by atoms with E-state index in [9.17, 15) is 9.18 Å². The van der Waals surface area contributed by atoms with Crippen LogP contribution in [-0.4, -0.2) is 5.78 Å². The van der Waals surface area contributed by atoms with Crippen LogP contribution in [-0.2, 0) is 0 Å². The number of ketones is 1. The number of hydrogen-bond donors (Lipinski definition) is 0. The lowest BCUT2D eigenvalue weighted by molar-refractivity contribution is 0.0988. The minimum atomic E-state index is -0.645. The lowest BCUT2D eigenvalue weighted by atomic mass is 10.0. The molecule has 15 heavy (non-hydrogen) atoms. The molecule has 1 rings (SSSR count). The van der Waals surface area contributed by atoms with Crippen molar-refractivity contribution in [3.05, 3.63) is 46.8 Å². The number of hydrogen-bond acceptors (Lipinski definition) is 1. The Morgan fingerprint density at radius 2 is 2.20 bits per heavy atom. The predicted molar refractivity (Wildman–Crippen MR) is 59.8 cm³/mol. The van der Waals surface area contributed by atoms with Gasteiger partial charge in [0, 0.05) is 6.42 Å². The first-order chi connectivity index (χ1) is 7.06. The SMILES string of the molecule is C=C(CC)CC(=O)c1cccc(Cl)c1F. The highest BCUT2D eigenvalue weighted by Gasteiger charge is 2.14. The molecule has 1 aromatic rings. The second-order valence-electron chi connectivity index (χ2n) is 3.30. The van der Waals surface area contributed by atoms with Crippen molar-refractivity contribution in [3.63, 3.8) is 0 Å². The van der Waals surface area contributed by atoms with Crippen molar-refractivity contribution in [1.82, 2.24) is 0 Å². The topological polar surface area (TPSA) is 17.1 Å². The van der Waals surface area contributed by atoms with Crippen LogP contribution in [0.3, 0.4) is 0 Å². The molecule has 0 radical (unpaired) electrons. The summed E-state index contributed by atoms with van der Waals surface area (Å²) in [6.45, 7) is 5.62. The van der Waals surface area contributed by atoms with Crippen LogP contribution in [0.1, 0.15) is 30.1 Å². The Hall–Kier alpha value is -1.15. The molecule has 0 aliphatic rings. The van der Waals surface area contributed by atoms with E-state index in [2.05, 4.69) is 6.58 Å². The molecule has 0 aliphatic heterocycles. The van der Waals surface area contributed by atoms with Gasteiger partial charge in [-0.3, -0.25) is 4.79 Å². The zero-order valence-corrected chi connectivity index (χ0v) is 9.27. The summed E-state index contributed by atoms with van der Waals surface area (Å²) in [6.07, 6.45) is 0.891. The summed E-state index contributed by atoms with van der Waals surface area (Å²) in [5, 5.41) is -0.0250. The van der Waals surface area contributed by atoms with Gasteiger partial charge in [-0.05, 0) is 18.6 Å². The maximum atomic E-state index is 13.4.